The molecular formula is C15H27BrO. The van der Waals surface area contributed by atoms with Crippen molar-refractivity contribution in [2.24, 2.45) is 11.8 Å². The molecule has 3 atom stereocenters. The molecule has 1 heterocycles. The van der Waals surface area contributed by atoms with Crippen molar-refractivity contribution in [2.45, 2.75) is 82.2 Å². The van der Waals surface area contributed by atoms with Gasteiger partial charge in [0.1, 0.15) is 0 Å². The van der Waals surface area contributed by atoms with Gasteiger partial charge in [-0.3, -0.25) is 0 Å². The number of alkyl halides is 1. The molecule has 2 rings (SSSR count). The number of halogens is 1. The number of hydrogen-bond donors (Lipinski definition) is 0. The van der Waals surface area contributed by atoms with Crippen LogP contribution in [0.15, 0.2) is 0 Å². The van der Waals surface area contributed by atoms with Crippen LogP contribution < -0.4 is 0 Å². The Labute approximate surface area is 115 Å². The van der Waals surface area contributed by atoms with Crippen LogP contribution in [-0.4, -0.2) is 16.5 Å². The van der Waals surface area contributed by atoms with Crippen LogP contribution in [0, 0.1) is 11.8 Å². The molecule has 17 heavy (non-hydrogen) atoms. The first-order chi connectivity index (χ1) is 8.02. The molecule has 0 aromatic heterocycles. The molecule has 1 aliphatic carbocycles. The Morgan fingerprint density at radius 3 is 2.35 bits per heavy atom. The average molecular weight is 303 g/mol. The third-order valence-corrected chi connectivity index (χ3v) is 5.51. The predicted octanol–water partition coefficient (Wildman–Crippen LogP) is 4.92. The molecule has 0 radical (unpaired) electrons. The van der Waals surface area contributed by atoms with Crippen molar-refractivity contribution in [1.29, 1.82) is 0 Å². The fourth-order valence-electron chi connectivity index (χ4n) is 3.74. The van der Waals surface area contributed by atoms with Gasteiger partial charge < -0.3 is 4.74 Å². The van der Waals surface area contributed by atoms with Gasteiger partial charge in [-0.1, -0.05) is 49.5 Å². The van der Waals surface area contributed by atoms with Gasteiger partial charge in [0.2, 0.25) is 0 Å². The minimum atomic E-state index is 0.307. The fourth-order valence-corrected chi connectivity index (χ4v) is 4.57. The number of hydrogen-bond acceptors (Lipinski definition) is 1. The Bertz CT molecular complexity index is 235. The second-order valence-corrected chi connectivity index (χ2v) is 7.93. The first kappa shape index (κ1) is 13.9. The summed E-state index contributed by atoms with van der Waals surface area (Å²) < 4.78 is 6.42. The van der Waals surface area contributed by atoms with E-state index in [0.29, 0.717) is 16.5 Å². The van der Waals surface area contributed by atoms with E-state index in [9.17, 15) is 0 Å². The second-order valence-electron chi connectivity index (χ2n) is 6.49. The van der Waals surface area contributed by atoms with E-state index in [1.165, 1.54) is 44.9 Å². The molecule has 2 heteroatoms. The van der Waals surface area contributed by atoms with Crippen molar-refractivity contribution >= 4 is 15.9 Å². The zero-order valence-corrected chi connectivity index (χ0v) is 13.1. The van der Waals surface area contributed by atoms with Crippen molar-refractivity contribution in [3.8, 4) is 0 Å². The monoisotopic (exact) mass is 302 g/mol. The van der Waals surface area contributed by atoms with Crippen molar-refractivity contribution in [1.82, 2.24) is 0 Å². The van der Waals surface area contributed by atoms with Crippen LogP contribution in [0.25, 0.3) is 0 Å². The lowest BCUT2D eigenvalue weighted by Crippen LogP contribution is -2.28. The predicted molar refractivity (Wildman–Crippen MR) is 76.6 cm³/mol. The molecule has 0 amide bonds. The number of ether oxygens (including phenoxy) is 1. The highest BCUT2D eigenvalue weighted by atomic mass is 79.9. The summed E-state index contributed by atoms with van der Waals surface area (Å²) in [6.07, 6.45) is 9.79. The molecular weight excluding hydrogens is 276 g/mol. The maximum Gasteiger partial charge on any atom is 0.0687 e. The second kappa shape index (κ2) is 5.61. The summed E-state index contributed by atoms with van der Waals surface area (Å²) in [5.74, 6) is 1.49. The van der Waals surface area contributed by atoms with Crippen LogP contribution in [0.5, 0.6) is 0 Å². The van der Waals surface area contributed by atoms with Crippen LogP contribution in [0.2, 0.25) is 0 Å². The van der Waals surface area contributed by atoms with Crippen LogP contribution in [-0.2, 0) is 4.74 Å². The van der Waals surface area contributed by atoms with Crippen molar-refractivity contribution in [3.05, 3.63) is 0 Å². The van der Waals surface area contributed by atoms with Crippen LogP contribution in [0.1, 0.15) is 65.7 Å². The molecule has 0 aromatic carbocycles. The Morgan fingerprint density at radius 2 is 1.82 bits per heavy atom. The van der Waals surface area contributed by atoms with Crippen LogP contribution >= 0.6 is 15.9 Å². The standard InChI is InChI=1S/C15H27BrO/c1-11(2)14(12(3)16)10-13-6-9-15(17-13)7-4-5-8-15/h11-14H,4-10H2,1-3H3. The maximum absolute atomic E-state index is 6.42. The van der Waals surface area contributed by atoms with Crippen LogP contribution in [0.4, 0.5) is 0 Å². The normalized spacial score (nSPS) is 31.2. The van der Waals surface area contributed by atoms with E-state index < -0.39 is 0 Å². The van der Waals surface area contributed by atoms with Gasteiger partial charge in [0.05, 0.1) is 11.7 Å². The number of rotatable bonds is 4. The molecule has 1 saturated carbocycles. The van der Waals surface area contributed by atoms with E-state index in [1.807, 2.05) is 0 Å². The van der Waals surface area contributed by atoms with Gasteiger partial charge in [0.15, 0.2) is 0 Å². The molecule has 3 unspecified atom stereocenters. The fraction of sp³-hybridized carbons (Fsp3) is 1.00. The van der Waals surface area contributed by atoms with Crippen LogP contribution in [0.3, 0.4) is 0 Å². The molecule has 0 N–H and O–H groups in total. The highest BCUT2D eigenvalue weighted by Gasteiger charge is 2.42. The summed E-state index contributed by atoms with van der Waals surface area (Å²) in [7, 11) is 0. The third-order valence-electron chi connectivity index (χ3n) is 4.83. The Morgan fingerprint density at radius 1 is 1.18 bits per heavy atom. The lowest BCUT2D eigenvalue weighted by atomic mass is 9.87. The molecule has 1 saturated heterocycles. The zero-order valence-electron chi connectivity index (χ0n) is 11.5. The minimum absolute atomic E-state index is 0.307. The average Bonchev–Trinajstić information content (AvgIpc) is 2.85. The summed E-state index contributed by atoms with van der Waals surface area (Å²) in [5, 5.41) is 0. The van der Waals surface area contributed by atoms with E-state index in [1.54, 1.807) is 0 Å². The maximum atomic E-state index is 6.42. The SMILES string of the molecule is CC(C)C(CC1CCC2(CCCC2)O1)C(C)Br. The smallest absolute Gasteiger partial charge is 0.0687 e. The molecule has 2 fully saturated rings. The molecule has 1 spiro atoms. The first-order valence-electron chi connectivity index (χ1n) is 7.34. The molecule has 0 bridgehead atoms. The molecule has 1 nitrogen and oxygen atoms in total. The zero-order chi connectivity index (χ0) is 12.5. The Balaban J connectivity index is 1.88. The van der Waals surface area contributed by atoms with E-state index in [-0.39, 0.29) is 0 Å². The summed E-state index contributed by atoms with van der Waals surface area (Å²) in [4.78, 5) is 0.603. The molecule has 0 aromatic rings. The lowest BCUT2D eigenvalue weighted by molar-refractivity contribution is -0.0461. The third kappa shape index (κ3) is 3.26. The first-order valence-corrected chi connectivity index (χ1v) is 8.26. The van der Waals surface area contributed by atoms with E-state index in [2.05, 4.69) is 36.7 Å². The van der Waals surface area contributed by atoms with Crippen molar-refractivity contribution in [3.63, 3.8) is 0 Å². The molecule has 2 aliphatic rings. The van der Waals surface area contributed by atoms with Gasteiger partial charge >= 0.3 is 0 Å². The molecule has 1 aliphatic heterocycles. The van der Waals surface area contributed by atoms with E-state index in [0.717, 1.165) is 11.8 Å². The minimum Gasteiger partial charge on any atom is -0.372 e. The van der Waals surface area contributed by atoms with E-state index in [4.69, 9.17) is 4.74 Å². The summed E-state index contributed by atoms with van der Waals surface area (Å²) >= 11 is 3.77. The molecule has 100 valence electrons. The largest absolute Gasteiger partial charge is 0.372 e. The van der Waals surface area contributed by atoms with E-state index >= 15 is 0 Å². The highest BCUT2D eigenvalue weighted by molar-refractivity contribution is 9.09. The van der Waals surface area contributed by atoms with Gasteiger partial charge in [-0.05, 0) is 43.9 Å². The topological polar surface area (TPSA) is 9.23 Å². The van der Waals surface area contributed by atoms with Gasteiger partial charge in [-0.2, -0.15) is 0 Å². The van der Waals surface area contributed by atoms with Gasteiger partial charge in [0.25, 0.3) is 0 Å². The summed E-state index contributed by atoms with van der Waals surface area (Å²) in [5.41, 5.74) is 0.307. The summed E-state index contributed by atoms with van der Waals surface area (Å²) in [6.45, 7) is 6.95. The van der Waals surface area contributed by atoms with Crippen molar-refractivity contribution in [2.75, 3.05) is 0 Å². The van der Waals surface area contributed by atoms with Gasteiger partial charge in [-0.25, -0.2) is 0 Å². The quantitative estimate of drug-likeness (QED) is 0.670. The summed E-state index contributed by atoms with van der Waals surface area (Å²) in [6, 6.07) is 0. The highest BCUT2D eigenvalue weighted by Crippen LogP contribution is 2.45. The Hall–Kier alpha value is 0.440. The Kier molecular flexibility index (Phi) is 4.57. The van der Waals surface area contributed by atoms with Crippen molar-refractivity contribution < 1.29 is 4.74 Å². The van der Waals surface area contributed by atoms with Gasteiger partial charge in [0, 0.05) is 4.83 Å². The lowest BCUT2D eigenvalue weighted by Gasteiger charge is -2.29. The van der Waals surface area contributed by atoms with Gasteiger partial charge in [-0.15, -0.1) is 0 Å².